The van der Waals surface area contributed by atoms with Crippen LogP contribution in [0.4, 0.5) is 14.7 Å². The highest BCUT2D eigenvalue weighted by Crippen LogP contribution is 2.48. The molecule has 0 radical (unpaired) electrons. The second-order valence-electron chi connectivity index (χ2n) is 6.06. The Hall–Kier alpha value is -2.90. The molecule has 1 aliphatic carbocycles. The second-order valence-corrected chi connectivity index (χ2v) is 6.06. The van der Waals surface area contributed by atoms with Crippen molar-refractivity contribution < 1.29 is 13.2 Å². The van der Waals surface area contributed by atoms with Crippen LogP contribution in [0.25, 0.3) is 11.5 Å². The number of anilines is 1. The van der Waals surface area contributed by atoms with E-state index in [1.807, 2.05) is 12.1 Å². The maximum Gasteiger partial charge on any atom is 0.314 e. The third-order valence-electron chi connectivity index (χ3n) is 4.29. The fraction of sp³-hybridized carbons (Fsp3) is 0.294. The molecule has 4 rings (SSSR count). The molecule has 0 aliphatic heterocycles. The van der Waals surface area contributed by atoms with Crippen LogP contribution in [0.2, 0.25) is 0 Å². The fourth-order valence-corrected chi connectivity index (χ4v) is 2.85. The summed E-state index contributed by atoms with van der Waals surface area (Å²) in [5.74, 6) is -0.270. The van der Waals surface area contributed by atoms with Gasteiger partial charge in [0, 0.05) is 12.4 Å². The lowest BCUT2D eigenvalue weighted by atomic mass is 9.99. The zero-order chi connectivity index (χ0) is 17.4. The van der Waals surface area contributed by atoms with Crippen LogP contribution in [-0.4, -0.2) is 20.2 Å². The molecule has 0 saturated heterocycles. The van der Waals surface area contributed by atoms with E-state index in [0.29, 0.717) is 11.5 Å². The summed E-state index contributed by atoms with van der Waals surface area (Å²) in [5.41, 5.74) is 2.71. The lowest BCUT2D eigenvalue weighted by Gasteiger charge is -2.19. The SMILES string of the molecule is Cc1ccccc1C1(Nc2ncc(-c3nnc(C(F)F)o3)cn2)CC1. The molecule has 2 heterocycles. The van der Waals surface area contributed by atoms with E-state index >= 15 is 0 Å². The van der Waals surface area contributed by atoms with Crippen molar-refractivity contribution in [2.24, 2.45) is 0 Å². The molecule has 3 aromatic rings. The highest BCUT2D eigenvalue weighted by Gasteiger charge is 2.45. The van der Waals surface area contributed by atoms with Gasteiger partial charge in [0.25, 0.3) is 11.8 Å². The molecule has 1 aromatic carbocycles. The van der Waals surface area contributed by atoms with Crippen LogP contribution in [0, 0.1) is 6.92 Å². The molecule has 0 unspecified atom stereocenters. The summed E-state index contributed by atoms with van der Waals surface area (Å²) >= 11 is 0. The molecule has 6 nitrogen and oxygen atoms in total. The minimum Gasteiger partial charge on any atom is -0.415 e. The van der Waals surface area contributed by atoms with Crippen LogP contribution in [0.5, 0.6) is 0 Å². The average Bonchev–Trinajstić information content (AvgIpc) is 3.20. The fourth-order valence-electron chi connectivity index (χ4n) is 2.85. The summed E-state index contributed by atoms with van der Waals surface area (Å²) in [6.45, 7) is 2.08. The van der Waals surface area contributed by atoms with Crippen molar-refractivity contribution in [3.63, 3.8) is 0 Å². The zero-order valence-electron chi connectivity index (χ0n) is 13.4. The van der Waals surface area contributed by atoms with Crippen LogP contribution in [0.3, 0.4) is 0 Å². The first-order valence-electron chi connectivity index (χ1n) is 7.86. The topological polar surface area (TPSA) is 76.7 Å². The smallest absolute Gasteiger partial charge is 0.314 e. The Balaban J connectivity index is 1.54. The highest BCUT2D eigenvalue weighted by atomic mass is 19.3. The molecule has 0 bridgehead atoms. The first-order valence-corrected chi connectivity index (χ1v) is 7.86. The van der Waals surface area contributed by atoms with Crippen molar-refractivity contribution in [1.29, 1.82) is 0 Å². The van der Waals surface area contributed by atoms with Crippen molar-refractivity contribution in [1.82, 2.24) is 20.2 Å². The normalized spacial score (nSPS) is 15.4. The van der Waals surface area contributed by atoms with Gasteiger partial charge in [0.2, 0.25) is 5.95 Å². The summed E-state index contributed by atoms with van der Waals surface area (Å²) in [5, 5.41) is 10.3. The Labute approximate surface area is 142 Å². The lowest BCUT2D eigenvalue weighted by Crippen LogP contribution is -2.21. The van der Waals surface area contributed by atoms with Gasteiger partial charge < -0.3 is 9.73 Å². The molecule has 8 heteroatoms. The molecular formula is C17H15F2N5O. The first kappa shape index (κ1) is 15.6. The van der Waals surface area contributed by atoms with Crippen molar-refractivity contribution in [3.8, 4) is 11.5 Å². The van der Waals surface area contributed by atoms with Gasteiger partial charge in [0.15, 0.2) is 0 Å². The Morgan fingerprint density at radius 1 is 1.12 bits per heavy atom. The summed E-state index contributed by atoms with van der Waals surface area (Å²) < 4.78 is 29.9. The number of benzene rings is 1. The van der Waals surface area contributed by atoms with Gasteiger partial charge in [0.1, 0.15) is 0 Å². The number of alkyl halides is 2. The molecule has 25 heavy (non-hydrogen) atoms. The minimum absolute atomic E-state index is 0.0260. The lowest BCUT2D eigenvalue weighted by molar-refractivity contribution is 0.116. The molecule has 2 aromatic heterocycles. The third kappa shape index (κ3) is 2.95. The van der Waals surface area contributed by atoms with Crippen molar-refractivity contribution >= 4 is 5.95 Å². The van der Waals surface area contributed by atoms with Crippen LogP contribution in [0.1, 0.15) is 36.3 Å². The van der Waals surface area contributed by atoms with Gasteiger partial charge >= 0.3 is 6.43 Å². The van der Waals surface area contributed by atoms with Crippen molar-refractivity contribution in [3.05, 3.63) is 53.7 Å². The number of nitrogens with one attached hydrogen (secondary N) is 1. The number of halogens is 2. The Kier molecular flexibility index (Phi) is 3.67. The molecular weight excluding hydrogens is 328 g/mol. The number of hydrogen-bond donors (Lipinski definition) is 1. The van der Waals surface area contributed by atoms with E-state index in [0.717, 1.165) is 12.8 Å². The van der Waals surface area contributed by atoms with Gasteiger partial charge in [-0.2, -0.15) is 8.78 Å². The largest absolute Gasteiger partial charge is 0.415 e. The van der Waals surface area contributed by atoms with E-state index in [-0.39, 0.29) is 11.4 Å². The minimum atomic E-state index is -2.80. The van der Waals surface area contributed by atoms with Crippen LogP contribution in [0.15, 0.2) is 41.1 Å². The molecule has 1 N–H and O–H groups in total. The molecule has 0 amide bonds. The Morgan fingerprint density at radius 2 is 1.84 bits per heavy atom. The van der Waals surface area contributed by atoms with Gasteiger partial charge in [-0.05, 0) is 30.9 Å². The number of rotatable bonds is 5. The number of aryl methyl sites for hydroxylation is 1. The predicted octanol–water partition coefficient (Wildman–Crippen LogP) is 3.87. The van der Waals surface area contributed by atoms with E-state index in [1.54, 1.807) is 0 Å². The van der Waals surface area contributed by atoms with E-state index in [9.17, 15) is 8.78 Å². The molecule has 1 saturated carbocycles. The van der Waals surface area contributed by atoms with Crippen LogP contribution < -0.4 is 5.32 Å². The van der Waals surface area contributed by atoms with Crippen molar-refractivity contribution in [2.45, 2.75) is 31.7 Å². The van der Waals surface area contributed by atoms with Crippen molar-refractivity contribution in [2.75, 3.05) is 5.32 Å². The van der Waals surface area contributed by atoms with Gasteiger partial charge in [-0.3, -0.25) is 0 Å². The quantitative estimate of drug-likeness (QED) is 0.758. The molecule has 1 fully saturated rings. The van der Waals surface area contributed by atoms with Gasteiger partial charge in [0.05, 0.1) is 11.1 Å². The second kappa shape index (κ2) is 5.87. The molecule has 0 spiro atoms. The van der Waals surface area contributed by atoms with E-state index in [4.69, 9.17) is 4.42 Å². The zero-order valence-corrected chi connectivity index (χ0v) is 13.4. The van der Waals surface area contributed by atoms with E-state index in [1.165, 1.54) is 23.5 Å². The monoisotopic (exact) mass is 343 g/mol. The maximum atomic E-state index is 12.5. The summed E-state index contributed by atoms with van der Waals surface area (Å²) in [7, 11) is 0. The van der Waals surface area contributed by atoms with Crippen LogP contribution >= 0.6 is 0 Å². The summed E-state index contributed by atoms with van der Waals surface area (Å²) in [4.78, 5) is 8.50. The average molecular weight is 343 g/mol. The molecule has 0 atom stereocenters. The number of nitrogens with zero attached hydrogens (tertiary/aromatic N) is 4. The van der Waals surface area contributed by atoms with Gasteiger partial charge in [-0.15, -0.1) is 10.2 Å². The molecule has 128 valence electrons. The third-order valence-corrected chi connectivity index (χ3v) is 4.29. The summed E-state index contributed by atoms with van der Waals surface area (Å²) in [6, 6.07) is 8.22. The van der Waals surface area contributed by atoms with Gasteiger partial charge in [-0.25, -0.2) is 9.97 Å². The number of aromatic nitrogens is 4. The Bertz CT molecular complexity index is 890. The predicted molar refractivity (Wildman–Crippen MR) is 86.0 cm³/mol. The van der Waals surface area contributed by atoms with Gasteiger partial charge in [-0.1, -0.05) is 24.3 Å². The van der Waals surface area contributed by atoms with E-state index < -0.39 is 12.3 Å². The van der Waals surface area contributed by atoms with Crippen LogP contribution in [-0.2, 0) is 5.54 Å². The first-order chi connectivity index (χ1) is 12.1. The Morgan fingerprint density at radius 3 is 2.44 bits per heavy atom. The molecule has 1 aliphatic rings. The standard InChI is InChI=1S/C17H15F2N5O/c1-10-4-2-3-5-12(10)17(6-7-17)22-16-20-8-11(9-21-16)14-23-24-15(25-14)13(18)19/h2-5,8-9,13H,6-7H2,1H3,(H,20,21,22). The highest BCUT2D eigenvalue weighted by molar-refractivity contribution is 5.52. The number of hydrogen-bond acceptors (Lipinski definition) is 6. The maximum absolute atomic E-state index is 12.5. The summed E-state index contributed by atoms with van der Waals surface area (Å²) in [6.07, 6.45) is 2.17. The van der Waals surface area contributed by atoms with E-state index in [2.05, 4.69) is 44.5 Å².